The number of aryl methyl sites for hydroxylation is 2. The van der Waals surface area contributed by atoms with E-state index in [2.05, 4.69) is 44.4 Å². The summed E-state index contributed by atoms with van der Waals surface area (Å²) in [6.07, 6.45) is 5.18. The molecular weight excluding hydrogens is 408 g/mol. The Morgan fingerprint density at radius 1 is 1.13 bits per heavy atom. The summed E-state index contributed by atoms with van der Waals surface area (Å²) in [5.41, 5.74) is 4.27. The van der Waals surface area contributed by atoms with Gasteiger partial charge in [-0.25, -0.2) is 4.79 Å². The predicted molar refractivity (Wildman–Crippen MR) is 125 cm³/mol. The Morgan fingerprint density at radius 3 is 2.55 bits per heavy atom. The zero-order valence-electron chi connectivity index (χ0n) is 19.1. The third kappa shape index (κ3) is 4.28. The number of rotatable bonds is 4. The molecule has 5 nitrogen and oxygen atoms in total. The molecule has 1 aromatic carbocycles. The Labute approximate surface area is 188 Å². The summed E-state index contributed by atoms with van der Waals surface area (Å²) in [4.78, 5) is 27.2. The lowest BCUT2D eigenvalue weighted by molar-refractivity contribution is 0.0526. The van der Waals surface area contributed by atoms with Gasteiger partial charge in [0.2, 0.25) is 0 Å². The SMILES string of the molecule is CCOC(=O)c1c(NC(=O)c2ccc3c(c2)CCCC3)sc2c1CC(C)(C)NC2(C)C. The van der Waals surface area contributed by atoms with Crippen molar-refractivity contribution in [1.29, 1.82) is 0 Å². The molecule has 0 bridgehead atoms. The molecule has 2 aromatic rings. The number of hydrogen-bond donors (Lipinski definition) is 2. The second kappa shape index (κ2) is 8.06. The van der Waals surface area contributed by atoms with Crippen molar-refractivity contribution in [3.05, 3.63) is 50.9 Å². The van der Waals surface area contributed by atoms with Gasteiger partial charge >= 0.3 is 5.97 Å². The van der Waals surface area contributed by atoms with Gasteiger partial charge in [-0.15, -0.1) is 11.3 Å². The molecular formula is C25H32N2O3S. The first kappa shape index (κ1) is 22.0. The Kier molecular flexibility index (Phi) is 5.73. The van der Waals surface area contributed by atoms with Crippen LogP contribution in [0.2, 0.25) is 0 Å². The van der Waals surface area contributed by atoms with Crippen LogP contribution in [0, 0.1) is 0 Å². The standard InChI is InChI=1S/C25H32N2O3S/c1-6-30-23(29)19-18-14-24(2,3)27-25(4,5)20(18)31-22(19)26-21(28)17-12-11-15-9-7-8-10-16(15)13-17/h11-13,27H,6-10,14H2,1-5H3,(H,26,28). The van der Waals surface area contributed by atoms with Crippen molar-refractivity contribution in [3.63, 3.8) is 0 Å². The smallest absolute Gasteiger partial charge is 0.341 e. The van der Waals surface area contributed by atoms with Gasteiger partial charge in [-0.05, 0) is 95.5 Å². The van der Waals surface area contributed by atoms with Crippen LogP contribution in [-0.2, 0) is 29.5 Å². The van der Waals surface area contributed by atoms with E-state index in [1.807, 2.05) is 12.1 Å². The molecule has 0 radical (unpaired) electrons. The first-order chi connectivity index (χ1) is 14.6. The van der Waals surface area contributed by atoms with Crippen molar-refractivity contribution in [1.82, 2.24) is 5.32 Å². The van der Waals surface area contributed by atoms with Crippen molar-refractivity contribution in [2.45, 2.75) is 77.8 Å². The van der Waals surface area contributed by atoms with Crippen LogP contribution in [0.1, 0.15) is 89.7 Å². The average molecular weight is 441 g/mol. The zero-order chi connectivity index (χ0) is 22.4. The Bertz CT molecular complexity index is 1040. The second-order valence-corrected chi connectivity index (χ2v) is 10.8. The summed E-state index contributed by atoms with van der Waals surface area (Å²) in [5.74, 6) is -0.545. The molecule has 31 heavy (non-hydrogen) atoms. The lowest BCUT2D eigenvalue weighted by atomic mass is 9.81. The number of thiophene rings is 1. The van der Waals surface area contributed by atoms with Gasteiger partial charge in [0.05, 0.1) is 12.2 Å². The summed E-state index contributed by atoms with van der Waals surface area (Å²) in [7, 11) is 0. The van der Waals surface area contributed by atoms with E-state index in [0.29, 0.717) is 29.2 Å². The van der Waals surface area contributed by atoms with E-state index in [9.17, 15) is 9.59 Å². The minimum Gasteiger partial charge on any atom is -0.462 e. The molecule has 2 heterocycles. The molecule has 0 spiro atoms. The molecule has 0 saturated heterocycles. The number of anilines is 1. The maximum Gasteiger partial charge on any atom is 0.341 e. The Hall–Kier alpha value is -2.18. The molecule has 1 aromatic heterocycles. The first-order valence-corrected chi connectivity index (χ1v) is 12.0. The second-order valence-electron chi connectivity index (χ2n) is 9.79. The molecule has 4 rings (SSSR count). The summed E-state index contributed by atoms with van der Waals surface area (Å²) in [6, 6.07) is 5.98. The van der Waals surface area contributed by atoms with Crippen LogP contribution in [0.5, 0.6) is 0 Å². The van der Waals surface area contributed by atoms with Crippen molar-refractivity contribution in [2.75, 3.05) is 11.9 Å². The molecule has 0 atom stereocenters. The number of nitrogens with one attached hydrogen (secondary N) is 2. The highest BCUT2D eigenvalue weighted by molar-refractivity contribution is 7.17. The fourth-order valence-electron chi connectivity index (χ4n) is 5.08. The first-order valence-electron chi connectivity index (χ1n) is 11.2. The van der Waals surface area contributed by atoms with Crippen LogP contribution in [0.15, 0.2) is 18.2 Å². The lowest BCUT2D eigenvalue weighted by Crippen LogP contribution is -2.55. The molecule has 6 heteroatoms. The minimum atomic E-state index is -0.366. The number of ether oxygens (including phenoxy) is 1. The van der Waals surface area contributed by atoms with E-state index in [1.54, 1.807) is 6.92 Å². The van der Waals surface area contributed by atoms with E-state index in [0.717, 1.165) is 23.3 Å². The topological polar surface area (TPSA) is 67.4 Å². The van der Waals surface area contributed by atoms with Crippen molar-refractivity contribution in [3.8, 4) is 0 Å². The molecule has 2 N–H and O–H groups in total. The number of benzene rings is 1. The van der Waals surface area contributed by atoms with E-state index >= 15 is 0 Å². The van der Waals surface area contributed by atoms with Crippen molar-refractivity contribution >= 4 is 28.2 Å². The summed E-state index contributed by atoms with van der Waals surface area (Å²) >= 11 is 1.48. The lowest BCUT2D eigenvalue weighted by Gasteiger charge is -2.42. The number of fused-ring (bicyclic) bond motifs is 2. The van der Waals surface area contributed by atoms with Crippen LogP contribution in [0.3, 0.4) is 0 Å². The van der Waals surface area contributed by atoms with E-state index in [1.165, 1.54) is 35.3 Å². The highest BCUT2D eigenvalue weighted by Gasteiger charge is 2.42. The maximum atomic E-state index is 13.2. The molecule has 0 saturated carbocycles. The van der Waals surface area contributed by atoms with Crippen LogP contribution < -0.4 is 10.6 Å². The van der Waals surface area contributed by atoms with E-state index in [4.69, 9.17) is 4.74 Å². The van der Waals surface area contributed by atoms with Crippen LogP contribution in [0.4, 0.5) is 5.00 Å². The third-order valence-corrected chi connectivity index (χ3v) is 7.63. The van der Waals surface area contributed by atoms with Crippen molar-refractivity contribution < 1.29 is 14.3 Å². The molecule has 1 aliphatic heterocycles. The van der Waals surface area contributed by atoms with Gasteiger partial charge in [-0.1, -0.05) is 6.07 Å². The van der Waals surface area contributed by atoms with E-state index in [-0.39, 0.29) is 23.0 Å². The number of esters is 1. The molecule has 2 aliphatic rings. The summed E-state index contributed by atoms with van der Waals surface area (Å²) < 4.78 is 5.39. The van der Waals surface area contributed by atoms with Crippen LogP contribution in [0.25, 0.3) is 0 Å². The normalized spacial score (nSPS) is 18.6. The summed E-state index contributed by atoms with van der Waals surface area (Å²) in [6.45, 7) is 10.6. The molecule has 166 valence electrons. The number of carbonyl (C=O) groups excluding carboxylic acids is 2. The molecule has 0 unspecified atom stereocenters. The van der Waals surface area contributed by atoms with Gasteiger partial charge in [-0.2, -0.15) is 0 Å². The molecule has 1 aliphatic carbocycles. The Balaban J connectivity index is 1.72. The van der Waals surface area contributed by atoms with Gasteiger partial charge in [0.1, 0.15) is 5.00 Å². The van der Waals surface area contributed by atoms with Gasteiger partial charge < -0.3 is 15.4 Å². The van der Waals surface area contributed by atoms with Gasteiger partial charge in [0.25, 0.3) is 5.91 Å². The number of amides is 1. The van der Waals surface area contributed by atoms with Gasteiger partial charge in [-0.3, -0.25) is 4.79 Å². The van der Waals surface area contributed by atoms with E-state index < -0.39 is 0 Å². The fourth-order valence-corrected chi connectivity index (χ4v) is 6.34. The molecule has 0 fully saturated rings. The third-order valence-electron chi connectivity index (χ3n) is 6.16. The minimum absolute atomic E-state index is 0.168. The highest BCUT2D eigenvalue weighted by Crippen LogP contribution is 2.45. The predicted octanol–water partition coefficient (Wildman–Crippen LogP) is 5.22. The van der Waals surface area contributed by atoms with Crippen LogP contribution in [-0.4, -0.2) is 24.0 Å². The fraction of sp³-hybridized carbons (Fsp3) is 0.520. The monoisotopic (exact) mass is 440 g/mol. The average Bonchev–Trinajstić information content (AvgIpc) is 3.04. The quantitative estimate of drug-likeness (QED) is 0.640. The number of hydrogen-bond acceptors (Lipinski definition) is 5. The number of carbonyl (C=O) groups is 2. The summed E-state index contributed by atoms with van der Waals surface area (Å²) in [5, 5.41) is 7.29. The molecule has 1 amide bonds. The van der Waals surface area contributed by atoms with Gasteiger partial charge in [0, 0.05) is 21.5 Å². The Morgan fingerprint density at radius 2 is 1.84 bits per heavy atom. The largest absolute Gasteiger partial charge is 0.462 e. The van der Waals surface area contributed by atoms with Crippen molar-refractivity contribution in [2.24, 2.45) is 0 Å². The van der Waals surface area contributed by atoms with Crippen LogP contribution >= 0.6 is 11.3 Å². The highest BCUT2D eigenvalue weighted by atomic mass is 32.1. The van der Waals surface area contributed by atoms with Gasteiger partial charge in [0.15, 0.2) is 0 Å². The zero-order valence-corrected chi connectivity index (χ0v) is 19.9. The maximum absolute atomic E-state index is 13.2.